The van der Waals surface area contributed by atoms with Crippen LogP contribution in [0, 0.1) is 6.92 Å². The predicted molar refractivity (Wildman–Crippen MR) is 60.1 cm³/mol. The van der Waals surface area contributed by atoms with Crippen molar-refractivity contribution in [3.8, 4) is 0 Å². The van der Waals surface area contributed by atoms with Crippen molar-refractivity contribution in [3.63, 3.8) is 0 Å². The van der Waals surface area contributed by atoms with Gasteiger partial charge in [0.05, 0.1) is 0 Å². The molecule has 2 N–H and O–H groups in total. The lowest BCUT2D eigenvalue weighted by atomic mass is 10.2. The van der Waals surface area contributed by atoms with E-state index >= 15 is 0 Å². The number of nitrogens with one attached hydrogen (secondary N) is 1. The Balaban J connectivity index is 2.73. The minimum Gasteiger partial charge on any atom is -0.376 e. The van der Waals surface area contributed by atoms with E-state index in [-0.39, 0.29) is 12.8 Å². The zero-order valence-electron chi connectivity index (χ0n) is 8.62. The SMILES string of the molecule is Cc1ccc(NC(=O)N(C)CO)cc1Cl. The number of carbonyl (C=O) groups is 1. The lowest BCUT2D eigenvalue weighted by molar-refractivity contribution is 0.149. The van der Waals surface area contributed by atoms with Gasteiger partial charge in [-0.05, 0) is 24.6 Å². The first kappa shape index (κ1) is 11.8. The molecular weight excluding hydrogens is 216 g/mol. The molecule has 82 valence electrons. The van der Waals surface area contributed by atoms with Gasteiger partial charge in [0.2, 0.25) is 0 Å². The van der Waals surface area contributed by atoms with E-state index in [4.69, 9.17) is 16.7 Å². The predicted octanol–water partition coefficient (Wildman–Crippen LogP) is 2.06. The Hall–Kier alpha value is -1.26. The molecule has 0 radical (unpaired) electrons. The minimum absolute atomic E-state index is 0.328. The number of urea groups is 1. The summed E-state index contributed by atoms with van der Waals surface area (Å²) in [5, 5.41) is 11.9. The number of aliphatic hydroxyl groups is 1. The highest BCUT2D eigenvalue weighted by Gasteiger charge is 2.07. The van der Waals surface area contributed by atoms with E-state index in [1.54, 1.807) is 12.1 Å². The number of carbonyl (C=O) groups excluding carboxylic acids is 1. The van der Waals surface area contributed by atoms with Gasteiger partial charge >= 0.3 is 6.03 Å². The molecule has 0 aliphatic rings. The zero-order chi connectivity index (χ0) is 11.4. The van der Waals surface area contributed by atoms with Crippen LogP contribution in [-0.2, 0) is 0 Å². The van der Waals surface area contributed by atoms with Crippen LogP contribution >= 0.6 is 11.6 Å². The highest BCUT2D eigenvalue weighted by atomic mass is 35.5. The average Bonchev–Trinajstić information content (AvgIpc) is 2.22. The maximum atomic E-state index is 11.4. The van der Waals surface area contributed by atoms with Crippen molar-refractivity contribution < 1.29 is 9.90 Å². The number of hydrogen-bond donors (Lipinski definition) is 2. The van der Waals surface area contributed by atoms with Crippen molar-refractivity contribution in [2.24, 2.45) is 0 Å². The number of hydrogen-bond acceptors (Lipinski definition) is 2. The van der Waals surface area contributed by atoms with Crippen LogP contribution in [0.5, 0.6) is 0 Å². The summed E-state index contributed by atoms with van der Waals surface area (Å²) in [5.41, 5.74) is 1.56. The number of anilines is 1. The van der Waals surface area contributed by atoms with Gasteiger partial charge in [-0.3, -0.25) is 0 Å². The molecule has 1 rings (SSSR count). The van der Waals surface area contributed by atoms with Gasteiger partial charge in [-0.15, -0.1) is 0 Å². The molecule has 1 aromatic carbocycles. The monoisotopic (exact) mass is 228 g/mol. The molecule has 0 saturated carbocycles. The van der Waals surface area contributed by atoms with Gasteiger partial charge in [-0.1, -0.05) is 17.7 Å². The van der Waals surface area contributed by atoms with Crippen molar-refractivity contribution in [1.29, 1.82) is 0 Å². The molecular formula is C10H13ClN2O2. The molecule has 5 heteroatoms. The number of rotatable bonds is 2. The molecule has 0 aliphatic carbocycles. The molecule has 0 saturated heterocycles. The molecule has 15 heavy (non-hydrogen) atoms. The third-order valence-electron chi connectivity index (χ3n) is 1.98. The van der Waals surface area contributed by atoms with Crippen LogP contribution in [0.3, 0.4) is 0 Å². The molecule has 0 heterocycles. The van der Waals surface area contributed by atoms with Crippen molar-refractivity contribution in [3.05, 3.63) is 28.8 Å². The lowest BCUT2D eigenvalue weighted by Gasteiger charge is -2.14. The van der Waals surface area contributed by atoms with Crippen LogP contribution in [0.25, 0.3) is 0 Å². The Morgan fingerprint density at radius 1 is 1.60 bits per heavy atom. The smallest absolute Gasteiger partial charge is 0.323 e. The van der Waals surface area contributed by atoms with Crippen molar-refractivity contribution in [1.82, 2.24) is 4.90 Å². The van der Waals surface area contributed by atoms with Crippen molar-refractivity contribution in [2.45, 2.75) is 6.92 Å². The Kier molecular flexibility index (Phi) is 3.94. The van der Waals surface area contributed by atoms with Crippen LogP contribution in [0.2, 0.25) is 5.02 Å². The molecule has 0 spiro atoms. The number of nitrogens with zero attached hydrogens (tertiary/aromatic N) is 1. The Bertz CT molecular complexity index is 368. The average molecular weight is 229 g/mol. The van der Waals surface area contributed by atoms with E-state index < -0.39 is 0 Å². The standard InChI is InChI=1S/C10H13ClN2O2/c1-7-3-4-8(5-9(7)11)12-10(15)13(2)6-14/h3-5,14H,6H2,1-2H3,(H,12,15). The van der Waals surface area contributed by atoms with Crippen LogP contribution in [0.4, 0.5) is 10.5 Å². The van der Waals surface area contributed by atoms with Crippen LogP contribution in [-0.4, -0.2) is 29.8 Å². The van der Waals surface area contributed by atoms with Gasteiger partial charge in [0, 0.05) is 17.8 Å². The Labute approximate surface area is 93.5 Å². The fourth-order valence-corrected chi connectivity index (χ4v) is 1.13. The van der Waals surface area contributed by atoms with E-state index in [0.29, 0.717) is 10.7 Å². The molecule has 2 amide bonds. The molecule has 0 aliphatic heterocycles. The fourth-order valence-electron chi connectivity index (χ4n) is 0.954. The van der Waals surface area contributed by atoms with Gasteiger partial charge in [-0.2, -0.15) is 0 Å². The molecule has 1 aromatic rings. The highest BCUT2D eigenvalue weighted by Crippen LogP contribution is 2.19. The first-order valence-electron chi connectivity index (χ1n) is 4.43. The molecule has 0 fully saturated rings. The number of amides is 2. The second kappa shape index (κ2) is 5.00. The summed E-state index contributed by atoms with van der Waals surface area (Å²) >= 11 is 5.90. The zero-order valence-corrected chi connectivity index (χ0v) is 9.38. The lowest BCUT2D eigenvalue weighted by Crippen LogP contribution is -2.31. The van der Waals surface area contributed by atoms with Crippen LogP contribution in [0.15, 0.2) is 18.2 Å². The normalized spacial score (nSPS) is 9.87. The summed E-state index contributed by atoms with van der Waals surface area (Å²) in [5.74, 6) is 0. The van der Waals surface area contributed by atoms with Crippen LogP contribution < -0.4 is 5.32 Å². The quantitative estimate of drug-likeness (QED) is 0.762. The van der Waals surface area contributed by atoms with E-state index in [1.807, 2.05) is 13.0 Å². The fraction of sp³-hybridized carbons (Fsp3) is 0.300. The van der Waals surface area contributed by atoms with Crippen molar-refractivity contribution in [2.75, 3.05) is 19.1 Å². The van der Waals surface area contributed by atoms with E-state index in [9.17, 15) is 4.79 Å². The van der Waals surface area contributed by atoms with Crippen molar-refractivity contribution >= 4 is 23.3 Å². The van der Waals surface area contributed by atoms with E-state index in [0.717, 1.165) is 10.5 Å². The number of aliphatic hydroxyl groups excluding tert-OH is 1. The summed E-state index contributed by atoms with van der Waals surface area (Å²) < 4.78 is 0. The molecule has 0 atom stereocenters. The van der Waals surface area contributed by atoms with Gasteiger partial charge in [-0.25, -0.2) is 4.79 Å². The summed E-state index contributed by atoms with van der Waals surface area (Å²) in [6.45, 7) is 1.55. The molecule has 0 aromatic heterocycles. The largest absolute Gasteiger partial charge is 0.376 e. The van der Waals surface area contributed by atoms with E-state index in [2.05, 4.69) is 5.32 Å². The first-order valence-corrected chi connectivity index (χ1v) is 4.81. The minimum atomic E-state index is -0.377. The molecule has 4 nitrogen and oxygen atoms in total. The van der Waals surface area contributed by atoms with Gasteiger partial charge in [0.15, 0.2) is 0 Å². The Morgan fingerprint density at radius 2 is 2.27 bits per heavy atom. The van der Waals surface area contributed by atoms with E-state index in [1.165, 1.54) is 7.05 Å². The first-order chi connectivity index (χ1) is 7.04. The topological polar surface area (TPSA) is 52.6 Å². The Morgan fingerprint density at radius 3 is 2.80 bits per heavy atom. The molecule has 0 unspecified atom stereocenters. The number of aryl methyl sites for hydroxylation is 1. The third kappa shape index (κ3) is 3.11. The summed E-state index contributed by atoms with van der Waals surface area (Å²) in [4.78, 5) is 12.5. The third-order valence-corrected chi connectivity index (χ3v) is 2.39. The highest BCUT2D eigenvalue weighted by molar-refractivity contribution is 6.31. The van der Waals surface area contributed by atoms with Gasteiger partial charge in [0.25, 0.3) is 0 Å². The number of halogens is 1. The van der Waals surface area contributed by atoms with Crippen LogP contribution in [0.1, 0.15) is 5.56 Å². The maximum absolute atomic E-state index is 11.4. The van der Waals surface area contributed by atoms with Gasteiger partial charge in [0.1, 0.15) is 6.73 Å². The second-order valence-corrected chi connectivity index (χ2v) is 3.64. The second-order valence-electron chi connectivity index (χ2n) is 3.23. The van der Waals surface area contributed by atoms with Gasteiger partial charge < -0.3 is 15.3 Å². The number of benzene rings is 1. The molecule has 0 bridgehead atoms. The summed E-state index contributed by atoms with van der Waals surface area (Å²) in [7, 11) is 1.49. The maximum Gasteiger partial charge on any atom is 0.323 e. The summed E-state index contributed by atoms with van der Waals surface area (Å²) in [6, 6.07) is 4.86. The summed E-state index contributed by atoms with van der Waals surface area (Å²) in [6.07, 6.45) is 0.